The molecule has 1 N–H and O–H groups in total. The van der Waals surface area contributed by atoms with Gasteiger partial charge in [0, 0.05) is 25.1 Å². The molecule has 10 heteroatoms. The first-order valence-electron chi connectivity index (χ1n) is 9.72. The van der Waals surface area contributed by atoms with Crippen molar-refractivity contribution >= 4 is 17.3 Å². The fourth-order valence-electron chi connectivity index (χ4n) is 3.66. The minimum atomic E-state index is -4.67. The predicted octanol–water partition coefficient (Wildman–Crippen LogP) is 4.85. The zero-order valence-electron chi connectivity index (χ0n) is 16.7. The second-order valence-electron chi connectivity index (χ2n) is 7.50. The Balaban J connectivity index is 1.64. The fraction of sp³-hybridized carbons (Fsp3) is 0.381. The van der Waals surface area contributed by atoms with E-state index in [0.717, 1.165) is 17.7 Å². The van der Waals surface area contributed by atoms with Crippen molar-refractivity contribution < 1.29 is 27.3 Å². The van der Waals surface area contributed by atoms with Gasteiger partial charge in [0.15, 0.2) is 0 Å². The maximum Gasteiger partial charge on any atom is 0.416 e. The monoisotopic (exact) mass is 439 g/mol. The van der Waals surface area contributed by atoms with Gasteiger partial charge in [0.05, 0.1) is 16.5 Å². The van der Waals surface area contributed by atoms with E-state index in [1.54, 1.807) is 24.0 Å². The molecule has 1 fully saturated rings. The Morgan fingerprint density at radius 1 is 1.16 bits per heavy atom. The molecule has 0 spiro atoms. The summed E-state index contributed by atoms with van der Waals surface area (Å²) >= 11 is 0. The van der Waals surface area contributed by atoms with Gasteiger partial charge in [-0.15, -0.1) is 0 Å². The number of nitro benzene ring substituents is 1. The Labute approximate surface area is 176 Å². The fourth-order valence-corrected chi connectivity index (χ4v) is 3.66. The zero-order valence-corrected chi connectivity index (χ0v) is 16.7. The smallest absolute Gasteiger partial charge is 0.366 e. The quantitative estimate of drug-likeness (QED) is 0.411. The van der Waals surface area contributed by atoms with Crippen LogP contribution in [0.4, 0.5) is 28.9 Å². The molecule has 1 heterocycles. The van der Waals surface area contributed by atoms with Gasteiger partial charge < -0.3 is 10.2 Å². The van der Waals surface area contributed by atoms with Crippen molar-refractivity contribution in [1.29, 1.82) is 0 Å². The molecule has 1 atom stereocenters. The molecule has 6 nitrogen and oxygen atoms in total. The van der Waals surface area contributed by atoms with Crippen LogP contribution in [0, 0.1) is 21.8 Å². The number of anilines is 1. The first-order chi connectivity index (χ1) is 14.6. The van der Waals surface area contributed by atoms with Gasteiger partial charge in [-0.05, 0) is 49.6 Å². The molecule has 0 saturated carbocycles. The predicted molar refractivity (Wildman–Crippen MR) is 106 cm³/mol. The minimum Gasteiger partial charge on any atom is -0.366 e. The van der Waals surface area contributed by atoms with Crippen molar-refractivity contribution in [3.05, 3.63) is 69.5 Å². The Morgan fingerprint density at radius 3 is 2.32 bits per heavy atom. The summed E-state index contributed by atoms with van der Waals surface area (Å²) in [5, 5.41) is 14.2. The van der Waals surface area contributed by atoms with E-state index >= 15 is 0 Å². The molecule has 1 aliphatic heterocycles. The second-order valence-corrected chi connectivity index (χ2v) is 7.50. The van der Waals surface area contributed by atoms with Crippen molar-refractivity contribution in [1.82, 2.24) is 5.32 Å². The number of amides is 1. The molecule has 0 aliphatic carbocycles. The van der Waals surface area contributed by atoms with Gasteiger partial charge in [-0.25, -0.2) is 4.39 Å². The number of nitro groups is 1. The van der Waals surface area contributed by atoms with Crippen LogP contribution in [-0.2, 0) is 11.0 Å². The molecule has 1 aliphatic rings. The van der Waals surface area contributed by atoms with Gasteiger partial charge in [-0.3, -0.25) is 14.9 Å². The molecule has 31 heavy (non-hydrogen) atoms. The zero-order chi connectivity index (χ0) is 22.8. The number of benzene rings is 2. The van der Waals surface area contributed by atoms with Crippen LogP contribution < -0.4 is 10.2 Å². The number of hydrogen-bond acceptors (Lipinski definition) is 4. The largest absolute Gasteiger partial charge is 0.416 e. The summed E-state index contributed by atoms with van der Waals surface area (Å²) < 4.78 is 51.7. The number of rotatable bonds is 5. The molecule has 1 saturated heterocycles. The molecule has 1 amide bonds. The normalized spacial score (nSPS) is 16.1. The highest BCUT2D eigenvalue weighted by Gasteiger charge is 2.35. The van der Waals surface area contributed by atoms with E-state index in [1.165, 1.54) is 12.1 Å². The number of alkyl halides is 3. The third-order valence-corrected chi connectivity index (χ3v) is 5.43. The minimum absolute atomic E-state index is 0.108. The second kappa shape index (κ2) is 8.91. The SMILES string of the molecule is C[C@@H](NC(=O)C1CCN(c2ccc(C(F)(F)F)cc2[N+](=O)[O-])CC1)c1ccc(F)cc1. The molecule has 0 radical (unpaired) electrons. The van der Waals surface area contributed by atoms with Crippen molar-refractivity contribution in [2.24, 2.45) is 5.92 Å². The van der Waals surface area contributed by atoms with Crippen molar-refractivity contribution in [3.8, 4) is 0 Å². The number of carbonyl (C=O) groups excluding carboxylic acids is 1. The topological polar surface area (TPSA) is 75.5 Å². The summed E-state index contributed by atoms with van der Waals surface area (Å²) in [4.78, 5) is 24.7. The number of nitrogens with one attached hydrogen (secondary N) is 1. The van der Waals surface area contributed by atoms with E-state index in [0.29, 0.717) is 32.0 Å². The van der Waals surface area contributed by atoms with Gasteiger partial charge in [-0.1, -0.05) is 12.1 Å². The Morgan fingerprint density at radius 2 is 1.77 bits per heavy atom. The Kier molecular flexibility index (Phi) is 6.47. The first kappa shape index (κ1) is 22.5. The van der Waals surface area contributed by atoms with E-state index < -0.39 is 22.4 Å². The lowest BCUT2D eigenvalue weighted by Crippen LogP contribution is -2.41. The molecule has 2 aromatic rings. The average Bonchev–Trinajstić information content (AvgIpc) is 2.73. The molecule has 0 bridgehead atoms. The van der Waals surface area contributed by atoms with Gasteiger partial charge in [-0.2, -0.15) is 13.2 Å². The summed E-state index contributed by atoms with van der Waals surface area (Å²) in [7, 11) is 0. The standard InChI is InChI=1S/C21H21F4N3O3/c1-13(14-2-5-17(22)6-3-14)26-20(29)15-8-10-27(11-9-15)18-7-4-16(21(23,24)25)12-19(18)28(30)31/h2-7,12-13,15H,8-11H2,1H3,(H,26,29)/t13-/m1/s1. The third kappa shape index (κ3) is 5.31. The summed E-state index contributed by atoms with van der Waals surface area (Å²) in [5.74, 6) is -0.877. The van der Waals surface area contributed by atoms with Gasteiger partial charge in [0.1, 0.15) is 11.5 Å². The lowest BCUT2D eigenvalue weighted by atomic mass is 9.94. The van der Waals surface area contributed by atoms with Crippen molar-refractivity contribution in [2.45, 2.75) is 32.0 Å². The van der Waals surface area contributed by atoms with E-state index in [9.17, 15) is 32.5 Å². The van der Waals surface area contributed by atoms with Crippen molar-refractivity contribution in [2.75, 3.05) is 18.0 Å². The highest BCUT2D eigenvalue weighted by molar-refractivity contribution is 5.79. The number of nitrogens with zero attached hydrogens (tertiary/aromatic N) is 2. The number of piperidine rings is 1. The maximum absolute atomic E-state index is 13.0. The van der Waals surface area contributed by atoms with Crippen LogP contribution >= 0.6 is 0 Å². The van der Waals surface area contributed by atoms with Crippen molar-refractivity contribution in [3.63, 3.8) is 0 Å². The molecule has 166 valence electrons. The average molecular weight is 439 g/mol. The van der Waals surface area contributed by atoms with Crippen LogP contribution in [0.25, 0.3) is 0 Å². The van der Waals surface area contributed by atoms with Gasteiger partial charge in [0.25, 0.3) is 5.69 Å². The molecular formula is C21H21F4N3O3. The maximum atomic E-state index is 13.0. The Hall–Kier alpha value is -3.17. The van der Waals surface area contributed by atoms with E-state index in [-0.39, 0.29) is 29.4 Å². The summed E-state index contributed by atoms with van der Waals surface area (Å²) in [5.41, 5.74) is -0.821. The lowest BCUT2D eigenvalue weighted by Gasteiger charge is -2.33. The van der Waals surface area contributed by atoms with Crippen LogP contribution in [0.3, 0.4) is 0 Å². The summed E-state index contributed by atoms with van der Waals surface area (Å²) in [6, 6.07) is 7.96. The number of hydrogen-bond donors (Lipinski definition) is 1. The van der Waals surface area contributed by atoms with Crippen LogP contribution in [0.15, 0.2) is 42.5 Å². The van der Waals surface area contributed by atoms with E-state index in [2.05, 4.69) is 5.32 Å². The van der Waals surface area contributed by atoms with Gasteiger partial charge >= 0.3 is 6.18 Å². The van der Waals surface area contributed by atoms with E-state index in [1.807, 2.05) is 0 Å². The lowest BCUT2D eigenvalue weighted by molar-refractivity contribution is -0.384. The number of halogens is 4. The molecule has 0 unspecified atom stereocenters. The van der Waals surface area contributed by atoms with Gasteiger partial charge in [0.2, 0.25) is 5.91 Å². The summed E-state index contributed by atoms with van der Waals surface area (Å²) in [6.07, 6.45) is -3.87. The Bertz CT molecular complexity index is 955. The summed E-state index contributed by atoms with van der Waals surface area (Å²) in [6.45, 7) is 2.39. The van der Waals surface area contributed by atoms with Crippen LogP contribution in [-0.4, -0.2) is 23.9 Å². The first-order valence-corrected chi connectivity index (χ1v) is 9.72. The van der Waals surface area contributed by atoms with Crippen LogP contribution in [0.2, 0.25) is 0 Å². The van der Waals surface area contributed by atoms with E-state index in [4.69, 9.17) is 0 Å². The number of carbonyl (C=O) groups is 1. The molecule has 3 rings (SSSR count). The van der Waals surface area contributed by atoms with Crippen LogP contribution in [0.1, 0.15) is 36.9 Å². The van der Waals surface area contributed by atoms with Crippen LogP contribution in [0.5, 0.6) is 0 Å². The highest BCUT2D eigenvalue weighted by atomic mass is 19.4. The third-order valence-electron chi connectivity index (χ3n) is 5.43. The molecular weight excluding hydrogens is 418 g/mol. The molecule has 0 aromatic heterocycles. The highest BCUT2D eigenvalue weighted by Crippen LogP contribution is 2.37. The molecule has 2 aromatic carbocycles.